The molecule has 1 heterocycles. The summed E-state index contributed by atoms with van der Waals surface area (Å²) in [7, 11) is 0. The largest absolute Gasteiger partial charge is 0.346 e. The second kappa shape index (κ2) is 4.83. The molecule has 1 rings (SSSR count). The van der Waals surface area contributed by atoms with Gasteiger partial charge >= 0.3 is 5.69 Å². The van der Waals surface area contributed by atoms with Gasteiger partial charge in [0.25, 0.3) is 6.08 Å². The van der Waals surface area contributed by atoms with Gasteiger partial charge in [0, 0.05) is 18.7 Å². The molecule has 0 bridgehead atoms. The standard InChI is InChI=1S/C8H12F2N4O/c1-2-13-5-12-14(8(13)15)4-6(3-11)7(9)10/h5H,2-4,11H2,1H3. The van der Waals surface area contributed by atoms with Crippen LogP contribution in [0.1, 0.15) is 6.92 Å². The van der Waals surface area contributed by atoms with Crippen molar-refractivity contribution in [1.82, 2.24) is 14.3 Å². The lowest BCUT2D eigenvalue weighted by Crippen LogP contribution is -2.26. The topological polar surface area (TPSA) is 65.8 Å². The molecule has 1 aromatic heterocycles. The van der Waals surface area contributed by atoms with Crippen molar-refractivity contribution in [2.75, 3.05) is 6.54 Å². The molecule has 0 fully saturated rings. The van der Waals surface area contributed by atoms with Crippen molar-refractivity contribution in [1.29, 1.82) is 0 Å². The van der Waals surface area contributed by atoms with Gasteiger partial charge in [-0.25, -0.2) is 9.48 Å². The summed E-state index contributed by atoms with van der Waals surface area (Å²) < 4.78 is 26.8. The highest BCUT2D eigenvalue weighted by Crippen LogP contribution is 2.07. The number of aryl methyl sites for hydroxylation is 1. The highest BCUT2D eigenvalue weighted by Gasteiger charge is 2.09. The first-order valence-electron chi connectivity index (χ1n) is 4.45. The number of rotatable bonds is 4. The molecule has 0 aromatic carbocycles. The maximum Gasteiger partial charge on any atom is 0.346 e. The van der Waals surface area contributed by atoms with Crippen LogP contribution in [0.15, 0.2) is 22.8 Å². The fourth-order valence-electron chi connectivity index (χ4n) is 1.08. The van der Waals surface area contributed by atoms with Crippen LogP contribution in [0, 0.1) is 0 Å². The van der Waals surface area contributed by atoms with Gasteiger partial charge in [-0.1, -0.05) is 0 Å². The predicted octanol–water partition coefficient (Wildman–Crippen LogP) is 0.174. The van der Waals surface area contributed by atoms with E-state index in [2.05, 4.69) is 5.10 Å². The van der Waals surface area contributed by atoms with E-state index < -0.39 is 11.8 Å². The first-order chi connectivity index (χ1) is 7.10. The van der Waals surface area contributed by atoms with E-state index >= 15 is 0 Å². The molecule has 0 aliphatic heterocycles. The van der Waals surface area contributed by atoms with Crippen molar-refractivity contribution >= 4 is 0 Å². The molecule has 0 aliphatic carbocycles. The van der Waals surface area contributed by atoms with Gasteiger partial charge < -0.3 is 5.73 Å². The van der Waals surface area contributed by atoms with Gasteiger partial charge in [-0.15, -0.1) is 0 Å². The summed E-state index contributed by atoms with van der Waals surface area (Å²) in [6.07, 6.45) is -0.539. The van der Waals surface area contributed by atoms with Crippen LogP contribution in [-0.2, 0) is 13.1 Å². The predicted molar refractivity (Wildman–Crippen MR) is 50.5 cm³/mol. The molecular formula is C8H12F2N4O. The molecular weight excluding hydrogens is 206 g/mol. The molecule has 7 heteroatoms. The Hall–Kier alpha value is -1.50. The van der Waals surface area contributed by atoms with Crippen LogP contribution < -0.4 is 11.4 Å². The fourth-order valence-corrected chi connectivity index (χ4v) is 1.08. The molecule has 2 N–H and O–H groups in total. The zero-order chi connectivity index (χ0) is 11.4. The summed E-state index contributed by atoms with van der Waals surface area (Å²) in [5.74, 6) is 0. The molecule has 0 amide bonds. The van der Waals surface area contributed by atoms with E-state index in [4.69, 9.17) is 5.73 Å². The summed E-state index contributed by atoms with van der Waals surface area (Å²) in [5.41, 5.74) is 4.43. The van der Waals surface area contributed by atoms with E-state index in [0.29, 0.717) is 6.54 Å². The van der Waals surface area contributed by atoms with Crippen molar-refractivity contribution in [3.8, 4) is 0 Å². The smallest absolute Gasteiger partial charge is 0.327 e. The minimum absolute atomic E-state index is 0.259. The van der Waals surface area contributed by atoms with Crippen LogP contribution in [-0.4, -0.2) is 20.9 Å². The average molecular weight is 218 g/mol. The molecule has 1 aromatic rings. The van der Waals surface area contributed by atoms with Gasteiger partial charge in [0.05, 0.1) is 6.54 Å². The zero-order valence-corrected chi connectivity index (χ0v) is 8.28. The van der Waals surface area contributed by atoms with Crippen LogP contribution in [0.4, 0.5) is 8.78 Å². The summed E-state index contributed by atoms with van der Waals surface area (Å²) in [5, 5.41) is 3.70. The first kappa shape index (κ1) is 11.6. The number of nitrogens with two attached hydrogens (primary N) is 1. The van der Waals surface area contributed by atoms with Gasteiger partial charge in [-0.3, -0.25) is 4.57 Å². The van der Waals surface area contributed by atoms with Crippen LogP contribution in [0.25, 0.3) is 0 Å². The molecule has 0 unspecified atom stereocenters. The number of hydrogen-bond donors (Lipinski definition) is 1. The molecule has 0 atom stereocenters. The van der Waals surface area contributed by atoms with Crippen molar-refractivity contribution in [2.24, 2.45) is 5.73 Å². The van der Waals surface area contributed by atoms with Crippen molar-refractivity contribution in [2.45, 2.75) is 20.0 Å². The fraction of sp³-hybridized carbons (Fsp3) is 0.500. The Labute approximate surface area is 84.8 Å². The van der Waals surface area contributed by atoms with Gasteiger partial charge in [0.2, 0.25) is 0 Å². The second-order valence-electron chi connectivity index (χ2n) is 2.93. The normalized spacial score (nSPS) is 10.4. The molecule has 5 nitrogen and oxygen atoms in total. The Kier molecular flexibility index (Phi) is 3.73. The highest BCUT2D eigenvalue weighted by molar-refractivity contribution is 5.03. The minimum Gasteiger partial charge on any atom is -0.327 e. The third-order valence-corrected chi connectivity index (χ3v) is 1.99. The third-order valence-electron chi connectivity index (χ3n) is 1.99. The lowest BCUT2D eigenvalue weighted by Gasteiger charge is -2.01. The van der Waals surface area contributed by atoms with E-state index in [1.54, 1.807) is 6.92 Å². The van der Waals surface area contributed by atoms with E-state index in [1.165, 1.54) is 10.9 Å². The monoisotopic (exact) mass is 218 g/mol. The van der Waals surface area contributed by atoms with Crippen molar-refractivity contribution in [3.63, 3.8) is 0 Å². The number of hydrogen-bond acceptors (Lipinski definition) is 3. The number of nitrogens with zero attached hydrogens (tertiary/aromatic N) is 3. The summed E-state index contributed by atoms with van der Waals surface area (Å²) in [6, 6.07) is 0. The first-order valence-corrected chi connectivity index (χ1v) is 4.45. The molecule has 0 saturated heterocycles. The van der Waals surface area contributed by atoms with E-state index in [1.807, 2.05) is 0 Å². The van der Waals surface area contributed by atoms with Crippen LogP contribution in [0.3, 0.4) is 0 Å². The van der Waals surface area contributed by atoms with Crippen LogP contribution in [0.5, 0.6) is 0 Å². The maximum absolute atomic E-state index is 12.3. The molecule has 0 spiro atoms. The quantitative estimate of drug-likeness (QED) is 0.783. The Balaban J connectivity index is 2.95. The lowest BCUT2D eigenvalue weighted by atomic mass is 10.3. The zero-order valence-electron chi connectivity index (χ0n) is 8.28. The minimum atomic E-state index is -1.85. The van der Waals surface area contributed by atoms with Gasteiger partial charge in [0.15, 0.2) is 0 Å². The molecule has 0 aliphatic rings. The summed E-state index contributed by atoms with van der Waals surface area (Å²) in [6.45, 7) is 1.68. The van der Waals surface area contributed by atoms with Gasteiger partial charge in [-0.2, -0.15) is 13.9 Å². The van der Waals surface area contributed by atoms with Crippen molar-refractivity contribution in [3.05, 3.63) is 28.5 Å². The molecule has 84 valence electrons. The second-order valence-corrected chi connectivity index (χ2v) is 2.93. The SMILES string of the molecule is CCn1cnn(CC(CN)=C(F)F)c1=O. The van der Waals surface area contributed by atoms with Crippen LogP contribution in [0.2, 0.25) is 0 Å². The highest BCUT2D eigenvalue weighted by atomic mass is 19.3. The summed E-state index contributed by atoms with van der Waals surface area (Å²) >= 11 is 0. The van der Waals surface area contributed by atoms with Crippen molar-refractivity contribution < 1.29 is 8.78 Å². The Morgan fingerprint density at radius 3 is 2.67 bits per heavy atom. The summed E-state index contributed by atoms with van der Waals surface area (Å²) in [4.78, 5) is 11.4. The van der Waals surface area contributed by atoms with E-state index in [9.17, 15) is 13.6 Å². The maximum atomic E-state index is 12.3. The lowest BCUT2D eigenvalue weighted by molar-refractivity contribution is 0.400. The molecule has 15 heavy (non-hydrogen) atoms. The molecule has 0 radical (unpaired) electrons. The van der Waals surface area contributed by atoms with Crippen LogP contribution >= 0.6 is 0 Å². The number of aromatic nitrogens is 3. The van der Waals surface area contributed by atoms with Gasteiger partial charge in [0.1, 0.15) is 6.33 Å². The number of halogens is 2. The van der Waals surface area contributed by atoms with E-state index in [0.717, 1.165) is 4.68 Å². The Bertz CT molecular complexity index is 417. The Morgan fingerprint density at radius 2 is 2.27 bits per heavy atom. The van der Waals surface area contributed by atoms with E-state index in [-0.39, 0.29) is 18.7 Å². The molecule has 0 saturated carbocycles. The Morgan fingerprint density at radius 1 is 1.60 bits per heavy atom. The average Bonchev–Trinajstić information content (AvgIpc) is 2.55. The van der Waals surface area contributed by atoms with Gasteiger partial charge in [-0.05, 0) is 6.92 Å². The third kappa shape index (κ3) is 2.50.